The van der Waals surface area contributed by atoms with Crippen molar-refractivity contribution in [3.05, 3.63) is 30.2 Å². The molecule has 3 aromatic heterocycles. The largest absolute Gasteiger partial charge is 0.488 e. The van der Waals surface area contributed by atoms with Gasteiger partial charge in [0, 0.05) is 24.7 Å². The van der Waals surface area contributed by atoms with Gasteiger partial charge in [0.25, 0.3) is 0 Å². The number of ether oxygens (including phenoxy) is 1. The van der Waals surface area contributed by atoms with E-state index in [0.29, 0.717) is 12.2 Å². The van der Waals surface area contributed by atoms with Gasteiger partial charge in [-0.2, -0.15) is 5.26 Å². The summed E-state index contributed by atoms with van der Waals surface area (Å²) in [4.78, 5) is 13.9. The second-order valence-electron chi connectivity index (χ2n) is 6.29. The zero-order chi connectivity index (χ0) is 17.2. The van der Waals surface area contributed by atoms with Crippen LogP contribution in [-0.4, -0.2) is 57.3 Å². The fourth-order valence-electron chi connectivity index (χ4n) is 3.48. The van der Waals surface area contributed by atoms with E-state index in [-0.39, 0.29) is 12.7 Å². The van der Waals surface area contributed by atoms with Crippen LogP contribution in [0.4, 0.5) is 0 Å². The van der Waals surface area contributed by atoms with Crippen molar-refractivity contribution in [3.8, 4) is 11.8 Å². The molecule has 0 radical (unpaired) electrons. The standard InChI is InChI=1S/C18H19N5O2/c19-9-12-8-14-15(10-21-12)22-18-17(14)16(3-4-20-18)25-13-2-1-5-23(11-13)6-7-24/h3-4,8,10,13,24H,1-2,5-7,11H2,(H,20,22)/t13-/m1/s1. The SMILES string of the molecule is N#Cc1cc2c(cn1)[nH]c1nccc(O[C@@H]3CCCN(CCO)C3)c12. The van der Waals surface area contributed by atoms with Gasteiger partial charge in [-0.25, -0.2) is 9.97 Å². The van der Waals surface area contributed by atoms with Crippen molar-refractivity contribution in [1.82, 2.24) is 19.9 Å². The number of piperidine rings is 1. The number of β-amino-alcohol motifs (C(OH)–C–C–N with tert-alkyl or cyclic N) is 1. The van der Waals surface area contributed by atoms with Crippen LogP contribution in [0, 0.1) is 11.3 Å². The minimum atomic E-state index is 0.0770. The average molecular weight is 337 g/mol. The molecule has 0 spiro atoms. The highest BCUT2D eigenvalue weighted by molar-refractivity contribution is 6.09. The Hall–Kier alpha value is -2.69. The van der Waals surface area contributed by atoms with Gasteiger partial charge < -0.3 is 14.8 Å². The molecule has 1 atom stereocenters. The van der Waals surface area contributed by atoms with Crippen molar-refractivity contribution in [1.29, 1.82) is 5.26 Å². The van der Waals surface area contributed by atoms with Crippen LogP contribution in [0.3, 0.4) is 0 Å². The Morgan fingerprint density at radius 3 is 3.20 bits per heavy atom. The highest BCUT2D eigenvalue weighted by Gasteiger charge is 2.22. The maximum atomic E-state index is 9.15. The van der Waals surface area contributed by atoms with Crippen LogP contribution < -0.4 is 4.74 Å². The number of aromatic nitrogens is 3. The lowest BCUT2D eigenvalue weighted by Gasteiger charge is -2.32. The third kappa shape index (κ3) is 3.02. The van der Waals surface area contributed by atoms with Crippen LogP contribution in [-0.2, 0) is 0 Å². The van der Waals surface area contributed by atoms with E-state index in [0.717, 1.165) is 53.6 Å². The Kier molecular flexibility index (Phi) is 4.22. The minimum Gasteiger partial charge on any atom is -0.488 e. The van der Waals surface area contributed by atoms with Crippen molar-refractivity contribution in [2.24, 2.45) is 0 Å². The number of H-pyrrole nitrogens is 1. The molecule has 0 saturated carbocycles. The van der Waals surface area contributed by atoms with Crippen molar-refractivity contribution in [3.63, 3.8) is 0 Å². The van der Waals surface area contributed by atoms with Crippen LogP contribution in [0.5, 0.6) is 5.75 Å². The van der Waals surface area contributed by atoms with Gasteiger partial charge in [0.15, 0.2) is 0 Å². The monoisotopic (exact) mass is 337 g/mol. The molecule has 1 fully saturated rings. The zero-order valence-corrected chi connectivity index (χ0v) is 13.8. The molecule has 1 aliphatic rings. The number of nitrogens with zero attached hydrogens (tertiary/aromatic N) is 4. The molecule has 3 aromatic rings. The first-order valence-electron chi connectivity index (χ1n) is 8.45. The lowest BCUT2D eigenvalue weighted by Crippen LogP contribution is -2.42. The Morgan fingerprint density at radius 2 is 2.36 bits per heavy atom. The minimum absolute atomic E-state index is 0.0770. The van der Waals surface area contributed by atoms with Gasteiger partial charge in [0.1, 0.15) is 29.3 Å². The smallest absolute Gasteiger partial charge is 0.142 e. The predicted molar refractivity (Wildman–Crippen MR) is 93.3 cm³/mol. The maximum Gasteiger partial charge on any atom is 0.142 e. The molecule has 25 heavy (non-hydrogen) atoms. The molecule has 0 unspecified atom stereocenters. The number of likely N-dealkylation sites (tertiary alicyclic amines) is 1. The van der Waals surface area contributed by atoms with E-state index in [2.05, 4.69) is 25.9 Å². The van der Waals surface area contributed by atoms with Gasteiger partial charge in [0.2, 0.25) is 0 Å². The number of pyridine rings is 2. The summed E-state index contributed by atoms with van der Waals surface area (Å²) >= 11 is 0. The lowest BCUT2D eigenvalue weighted by atomic mass is 10.1. The van der Waals surface area contributed by atoms with Crippen LogP contribution in [0.2, 0.25) is 0 Å². The number of hydrogen-bond acceptors (Lipinski definition) is 6. The molecule has 2 N–H and O–H groups in total. The summed E-state index contributed by atoms with van der Waals surface area (Å²) in [6, 6.07) is 5.71. The molecule has 0 aromatic carbocycles. The van der Waals surface area contributed by atoms with Crippen molar-refractivity contribution < 1.29 is 9.84 Å². The number of aliphatic hydroxyl groups is 1. The summed E-state index contributed by atoms with van der Waals surface area (Å²) in [6.45, 7) is 2.64. The molecule has 4 rings (SSSR count). The van der Waals surface area contributed by atoms with Crippen LogP contribution in [0.15, 0.2) is 24.5 Å². The second-order valence-corrected chi connectivity index (χ2v) is 6.29. The average Bonchev–Trinajstić information content (AvgIpc) is 3.01. The molecule has 1 aliphatic heterocycles. The van der Waals surface area contributed by atoms with Crippen LogP contribution in [0.25, 0.3) is 21.9 Å². The molecular weight excluding hydrogens is 318 g/mol. The first-order valence-corrected chi connectivity index (χ1v) is 8.45. The van der Waals surface area contributed by atoms with Gasteiger partial charge in [-0.15, -0.1) is 0 Å². The Balaban J connectivity index is 1.70. The second kappa shape index (κ2) is 6.67. The summed E-state index contributed by atoms with van der Waals surface area (Å²) in [5.74, 6) is 0.766. The number of nitriles is 1. The number of rotatable bonds is 4. The van der Waals surface area contributed by atoms with Gasteiger partial charge in [-0.1, -0.05) is 0 Å². The molecule has 0 amide bonds. The Bertz CT molecular complexity index is 944. The van der Waals surface area contributed by atoms with Gasteiger partial charge >= 0.3 is 0 Å². The number of nitrogens with one attached hydrogen (secondary N) is 1. The zero-order valence-electron chi connectivity index (χ0n) is 13.8. The van der Waals surface area contributed by atoms with E-state index in [1.165, 1.54) is 0 Å². The molecule has 0 bridgehead atoms. The summed E-state index contributed by atoms with van der Waals surface area (Å²) < 4.78 is 6.30. The molecule has 0 aliphatic carbocycles. The topological polar surface area (TPSA) is 98.1 Å². The third-order valence-corrected chi connectivity index (χ3v) is 4.63. The van der Waals surface area contributed by atoms with E-state index < -0.39 is 0 Å². The molecule has 128 valence electrons. The first-order chi connectivity index (χ1) is 12.3. The fraction of sp³-hybridized carbons (Fsp3) is 0.389. The molecule has 7 nitrogen and oxygen atoms in total. The number of aromatic amines is 1. The van der Waals surface area contributed by atoms with Crippen molar-refractivity contribution in [2.45, 2.75) is 18.9 Å². The van der Waals surface area contributed by atoms with Crippen molar-refractivity contribution >= 4 is 21.9 Å². The number of fused-ring (bicyclic) bond motifs is 3. The summed E-state index contributed by atoms with van der Waals surface area (Å²) in [5, 5.41) is 20.1. The third-order valence-electron chi connectivity index (χ3n) is 4.63. The highest BCUT2D eigenvalue weighted by Crippen LogP contribution is 2.33. The van der Waals surface area contributed by atoms with Gasteiger partial charge in [-0.05, 0) is 31.5 Å². The van der Waals surface area contributed by atoms with Gasteiger partial charge in [-0.3, -0.25) is 4.90 Å². The number of hydrogen-bond donors (Lipinski definition) is 2. The maximum absolute atomic E-state index is 9.15. The van der Waals surface area contributed by atoms with Gasteiger partial charge in [0.05, 0.1) is 23.7 Å². The normalized spacial score (nSPS) is 18.5. The van der Waals surface area contributed by atoms with Crippen LogP contribution in [0.1, 0.15) is 18.5 Å². The number of aliphatic hydroxyl groups excluding tert-OH is 1. The molecular formula is C18H19N5O2. The quantitative estimate of drug-likeness (QED) is 0.753. The molecule has 4 heterocycles. The highest BCUT2D eigenvalue weighted by atomic mass is 16.5. The summed E-state index contributed by atoms with van der Waals surface area (Å²) in [7, 11) is 0. The van der Waals surface area contributed by atoms with E-state index in [1.807, 2.05) is 6.07 Å². The van der Waals surface area contributed by atoms with E-state index in [1.54, 1.807) is 18.5 Å². The fourth-order valence-corrected chi connectivity index (χ4v) is 3.48. The van der Waals surface area contributed by atoms with E-state index in [9.17, 15) is 0 Å². The predicted octanol–water partition coefficient (Wildman–Crippen LogP) is 1.82. The van der Waals surface area contributed by atoms with Crippen LogP contribution >= 0.6 is 0 Å². The summed E-state index contributed by atoms with van der Waals surface area (Å²) in [5.41, 5.74) is 1.94. The van der Waals surface area contributed by atoms with E-state index in [4.69, 9.17) is 15.1 Å². The Labute approximate surface area is 144 Å². The molecule has 7 heteroatoms. The van der Waals surface area contributed by atoms with E-state index >= 15 is 0 Å². The molecule has 1 saturated heterocycles. The first kappa shape index (κ1) is 15.8. The lowest BCUT2D eigenvalue weighted by molar-refractivity contribution is 0.0778. The van der Waals surface area contributed by atoms with Crippen molar-refractivity contribution in [2.75, 3.05) is 26.2 Å². The summed E-state index contributed by atoms with van der Waals surface area (Å²) in [6.07, 6.45) is 5.49. The Morgan fingerprint density at radius 1 is 1.44 bits per heavy atom.